The van der Waals surface area contributed by atoms with Gasteiger partial charge in [0, 0.05) is 9.92 Å². The Bertz CT molecular complexity index is 752. The lowest BCUT2D eigenvalue weighted by Gasteiger charge is -2.06. The number of aromatic hydroxyl groups is 1. The van der Waals surface area contributed by atoms with Gasteiger partial charge in [-0.2, -0.15) is 5.10 Å². The van der Waals surface area contributed by atoms with Gasteiger partial charge >= 0.3 is 0 Å². The molecule has 0 spiro atoms. The molecule has 0 unspecified atom stereocenters. The van der Waals surface area contributed by atoms with Crippen molar-refractivity contribution in [2.75, 3.05) is 12.9 Å². The summed E-state index contributed by atoms with van der Waals surface area (Å²) in [7, 11) is 1.42. The summed E-state index contributed by atoms with van der Waals surface area (Å²) in [5.74, 6) is 0.0647. The van der Waals surface area contributed by atoms with Crippen LogP contribution >= 0.6 is 35.0 Å². The van der Waals surface area contributed by atoms with E-state index >= 15 is 0 Å². The normalized spacial score (nSPS) is 10.8. The van der Waals surface area contributed by atoms with Crippen LogP contribution in [0.3, 0.4) is 0 Å². The number of hydrogen-bond donors (Lipinski definition) is 2. The highest BCUT2D eigenvalue weighted by Gasteiger charge is 2.08. The first-order valence-corrected chi connectivity index (χ1v) is 8.50. The summed E-state index contributed by atoms with van der Waals surface area (Å²) in [6, 6.07) is 10.3. The van der Waals surface area contributed by atoms with E-state index < -0.39 is 0 Å². The first kappa shape index (κ1) is 18.4. The van der Waals surface area contributed by atoms with Gasteiger partial charge in [0.15, 0.2) is 11.5 Å². The fourth-order valence-electron chi connectivity index (χ4n) is 1.71. The van der Waals surface area contributed by atoms with Crippen molar-refractivity contribution < 1.29 is 14.6 Å². The molecule has 0 fully saturated rings. The zero-order chi connectivity index (χ0) is 17.5. The molecule has 0 bridgehead atoms. The molecule has 0 aliphatic rings. The molecule has 0 aliphatic heterocycles. The Kier molecular flexibility index (Phi) is 6.78. The fourth-order valence-corrected chi connectivity index (χ4v) is 2.75. The Labute approximate surface area is 153 Å². The lowest BCUT2D eigenvalue weighted by atomic mass is 10.2. The summed E-state index contributed by atoms with van der Waals surface area (Å²) in [4.78, 5) is 12.7. The molecule has 2 aromatic carbocycles. The number of hydrogen-bond acceptors (Lipinski definition) is 5. The van der Waals surface area contributed by atoms with Gasteiger partial charge < -0.3 is 9.84 Å². The topological polar surface area (TPSA) is 70.9 Å². The Hall–Kier alpha value is -1.89. The smallest absolute Gasteiger partial charge is 0.250 e. The number of carbonyl (C=O) groups is 1. The Morgan fingerprint density at radius 2 is 2.04 bits per heavy atom. The van der Waals surface area contributed by atoms with Crippen molar-refractivity contribution in [3.05, 3.63) is 52.0 Å². The summed E-state index contributed by atoms with van der Waals surface area (Å²) in [5.41, 5.74) is 3.01. The van der Waals surface area contributed by atoms with Gasteiger partial charge in [-0.3, -0.25) is 4.79 Å². The number of rotatable bonds is 6. The second kappa shape index (κ2) is 8.82. The Morgan fingerprint density at radius 3 is 2.71 bits per heavy atom. The van der Waals surface area contributed by atoms with Gasteiger partial charge in [0.25, 0.3) is 0 Å². The van der Waals surface area contributed by atoms with Crippen LogP contribution in [0.15, 0.2) is 46.4 Å². The zero-order valence-electron chi connectivity index (χ0n) is 12.6. The second-order valence-corrected chi connectivity index (χ2v) is 6.48. The molecule has 1 amide bonds. The summed E-state index contributed by atoms with van der Waals surface area (Å²) in [6.07, 6.45) is 1.42. The van der Waals surface area contributed by atoms with Gasteiger partial charge in [0.1, 0.15) is 0 Å². The van der Waals surface area contributed by atoms with Crippen LogP contribution in [0.5, 0.6) is 11.5 Å². The summed E-state index contributed by atoms with van der Waals surface area (Å²) in [5, 5.41) is 14.3. The highest BCUT2D eigenvalue weighted by Crippen LogP contribution is 2.34. The molecule has 0 atom stereocenters. The third-order valence-electron chi connectivity index (χ3n) is 2.86. The maximum Gasteiger partial charge on any atom is 0.250 e. The highest BCUT2D eigenvalue weighted by atomic mass is 35.5. The van der Waals surface area contributed by atoms with Crippen molar-refractivity contribution in [1.82, 2.24) is 5.43 Å². The van der Waals surface area contributed by atoms with Gasteiger partial charge in [0.05, 0.1) is 24.1 Å². The number of thioether (sulfide) groups is 1. The molecule has 0 aromatic heterocycles. The van der Waals surface area contributed by atoms with Crippen LogP contribution in [0.25, 0.3) is 0 Å². The molecule has 0 heterocycles. The number of methoxy groups -OCH3 is 1. The van der Waals surface area contributed by atoms with Gasteiger partial charge in [-0.15, -0.1) is 11.8 Å². The van der Waals surface area contributed by atoms with Crippen LogP contribution < -0.4 is 10.2 Å². The molecule has 126 valence electrons. The minimum atomic E-state index is -0.247. The number of hydrazone groups is 1. The van der Waals surface area contributed by atoms with Crippen LogP contribution in [0.2, 0.25) is 10.0 Å². The molecule has 0 saturated carbocycles. The molecule has 24 heavy (non-hydrogen) atoms. The van der Waals surface area contributed by atoms with Crippen LogP contribution in [0.4, 0.5) is 0 Å². The molecule has 0 saturated heterocycles. The van der Waals surface area contributed by atoms with Crippen LogP contribution in [0, 0.1) is 0 Å². The largest absolute Gasteiger partial charge is 0.503 e. The average molecular weight is 385 g/mol. The molecule has 0 aliphatic carbocycles. The van der Waals surface area contributed by atoms with Crippen LogP contribution in [-0.4, -0.2) is 30.1 Å². The number of phenolic OH excluding ortho intramolecular Hbond substituents is 1. The van der Waals surface area contributed by atoms with Gasteiger partial charge in [0.2, 0.25) is 5.91 Å². The third-order valence-corrected chi connectivity index (χ3v) is 4.41. The number of phenols is 1. The standard InChI is InChI=1S/C16H14Cl2N2O3S/c1-23-14-7-10(6-13(18)16(14)22)8-19-20-15(21)9-24-12-4-2-11(17)3-5-12/h2-8,22H,9H2,1H3,(H,20,21)/b19-8-. The Balaban J connectivity index is 1.88. The van der Waals surface area contributed by atoms with E-state index in [4.69, 9.17) is 27.9 Å². The first-order chi connectivity index (χ1) is 11.5. The van der Waals surface area contributed by atoms with Crippen LogP contribution in [-0.2, 0) is 4.79 Å². The second-order valence-electron chi connectivity index (χ2n) is 4.59. The van der Waals surface area contributed by atoms with E-state index in [1.807, 2.05) is 12.1 Å². The van der Waals surface area contributed by atoms with E-state index in [2.05, 4.69) is 10.5 Å². The van der Waals surface area contributed by atoms with Crippen molar-refractivity contribution in [3.63, 3.8) is 0 Å². The van der Waals surface area contributed by atoms with E-state index in [9.17, 15) is 9.90 Å². The van der Waals surface area contributed by atoms with E-state index in [0.29, 0.717) is 10.6 Å². The van der Waals surface area contributed by atoms with Crippen molar-refractivity contribution in [2.24, 2.45) is 5.10 Å². The maximum absolute atomic E-state index is 11.8. The molecule has 2 N–H and O–H groups in total. The summed E-state index contributed by atoms with van der Waals surface area (Å²) < 4.78 is 4.99. The summed E-state index contributed by atoms with van der Waals surface area (Å²) >= 11 is 13.1. The minimum Gasteiger partial charge on any atom is -0.503 e. The van der Waals surface area contributed by atoms with E-state index in [1.54, 1.807) is 18.2 Å². The number of ether oxygens (including phenoxy) is 1. The molecular formula is C16H14Cl2N2O3S. The lowest BCUT2D eigenvalue weighted by molar-refractivity contribution is -0.118. The minimum absolute atomic E-state index is 0.139. The average Bonchev–Trinajstić information content (AvgIpc) is 2.57. The zero-order valence-corrected chi connectivity index (χ0v) is 15.0. The van der Waals surface area contributed by atoms with Gasteiger partial charge in [-0.1, -0.05) is 23.2 Å². The monoisotopic (exact) mass is 384 g/mol. The molecule has 2 aromatic rings. The molecule has 8 heteroatoms. The molecule has 0 radical (unpaired) electrons. The lowest BCUT2D eigenvalue weighted by Crippen LogP contribution is -2.19. The number of amides is 1. The predicted octanol–water partition coefficient (Wildman–Crippen LogP) is 3.95. The summed E-state index contributed by atoms with van der Waals surface area (Å²) in [6.45, 7) is 0. The predicted molar refractivity (Wildman–Crippen MR) is 97.6 cm³/mol. The van der Waals surface area contributed by atoms with Crippen molar-refractivity contribution >= 4 is 47.1 Å². The first-order valence-electron chi connectivity index (χ1n) is 6.76. The molecule has 5 nitrogen and oxygen atoms in total. The Morgan fingerprint density at radius 1 is 1.33 bits per heavy atom. The number of halogens is 2. The highest BCUT2D eigenvalue weighted by molar-refractivity contribution is 8.00. The van der Waals surface area contributed by atoms with Crippen molar-refractivity contribution in [1.29, 1.82) is 0 Å². The van der Waals surface area contributed by atoms with Crippen molar-refractivity contribution in [2.45, 2.75) is 4.90 Å². The van der Waals surface area contributed by atoms with Crippen LogP contribution in [0.1, 0.15) is 5.56 Å². The van der Waals surface area contributed by atoms with Gasteiger partial charge in [-0.05, 0) is 42.0 Å². The SMILES string of the molecule is COc1cc(/C=N\NC(=O)CSc2ccc(Cl)cc2)cc(Cl)c1O. The van der Waals surface area contributed by atoms with E-state index in [-0.39, 0.29) is 28.2 Å². The number of benzene rings is 2. The fraction of sp³-hybridized carbons (Fsp3) is 0.125. The number of nitrogens with zero attached hydrogens (tertiary/aromatic N) is 1. The third kappa shape index (κ3) is 5.33. The van der Waals surface area contributed by atoms with E-state index in [1.165, 1.54) is 31.2 Å². The number of nitrogens with one attached hydrogen (secondary N) is 1. The molecular weight excluding hydrogens is 371 g/mol. The van der Waals surface area contributed by atoms with E-state index in [0.717, 1.165) is 4.90 Å². The molecule has 2 rings (SSSR count). The number of carbonyl (C=O) groups excluding carboxylic acids is 1. The van der Waals surface area contributed by atoms with Gasteiger partial charge in [-0.25, -0.2) is 5.43 Å². The maximum atomic E-state index is 11.8. The van der Waals surface area contributed by atoms with Crippen molar-refractivity contribution in [3.8, 4) is 11.5 Å². The quantitative estimate of drug-likeness (QED) is 0.449.